The maximum Gasteiger partial charge on any atom is 0.304 e. The van der Waals surface area contributed by atoms with Gasteiger partial charge in [-0.1, -0.05) is 6.92 Å². The van der Waals surface area contributed by atoms with Gasteiger partial charge in [0.05, 0.1) is 12.6 Å². The minimum Gasteiger partial charge on any atom is -0.481 e. The molecular formula is C9H15N3O4S. The SMILES string of the molecule is CCC(CC(=O)O)NS(=O)(=O)c1ccnn1C. The molecule has 1 rings (SSSR count). The highest BCUT2D eigenvalue weighted by Crippen LogP contribution is 2.09. The van der Waals surface area contributed by atoms with E-state index in [-0.39, 0.29) is 11.4 Å². The Morgan fingerprint density at radius 3 is 2.71 bits per heavy atom. The monoisotopic (exact) mass is 261 g/mol. The van der Waals surface area contributed by atoms with Gasteiger partial charge < -0.3 is 5.11 Å². The summed E-state index contributed by atoms with van der Waals surface area (Å²) in [5.74, 6) is -1.04. The summed E-state index contributed by atoms with van der Waals surface area (Å²) >= 11 is 0. The molecule has 2 N–H and O–H groups in total. The van der Waals surface area contributed by atoms with Crippen molar-refractivity contribution >= 4 is 16.0 Å². The molecule has 96 valence electrons. The van der Waals surface area contributed by atoms with Gasteiger partial charge in [0.2, 0.25) is 0 Å². The van der Waals surface area contributed by atoms with Gasteiger partial charge in [-0.15, -0.1) is 0 Å². The number of carboxylic acid groups (broad SMARTS) is 1. The molecule has 0 saturated heterocycles. The Morgan fingerprint density at radius 1 is 1.65 bits per heavy atom. The lowest BCUT2D eigenvalue weighted by molar-refractivity contribution is -0.137. The number of sulfonamides is 1. The number of aliphatic carboxylic acids is 1. The summed E-state index contributed by atoms with van der Waals surface area (Å²) in [6, 6.07) is 0.739. The first-order chi connectivity index (χ1) is 7.86. The van der Waals surface area contributed by atoms with E-state index >= 15 is 0 Å². The molecule has 7 nitrogen and oxygen atoms in total. The lowest BCUT2D eigenvalue weighted by Crippen LogP contribution is -2.36. The molecule has 0 fully saturated rings. The van der Waals surface area contributed by atoms with Crippen molar-refractivity contribution in [3.8, 4) is 0 Å². The van der Waals surface area contributed by atoms with Crippen LogP contribution in [0, 0.1) is 0 Å². The summed E-state index contributed by atoms with van der Waals surface area (Å²) in [4.78, 5) is 10.6. The first kappa shape index (κ1) is 13.7. The number of rotatable bonds is 6. The van der Waals surface area contributed by atoms with Crippen molar-refractivity contribution in [1.29, 1.82) is 0 Å². The summed E-state index contributed by atoms with van der Waals surface area (Å²) in [5, 5.41) is 12.4. The van der Waals surface area contributed by atoms with E-state index in [1.807, 2.05) is 0 Å². The van der Waals surface area contributed by atoms with E-state index < -0.39 is 22.0 Å². The van der Waals surface area contributed by atoms with Crippen LogP contribution < -0.4 is 4.72 Å². The third-order valence-corrected chi connectivity index (χ3v) is 3.88. The number of hydrogen-bond donors (Lipinski definition) is 2. The standard InChI is InChI=1S/C9H15N3O4S/c1-3-7(6-9(13)14)11-17(15,16)8-4-5-10-12(8)2/h4-5,7,11H,3,6H2,1-2H3,(H,13,14). The van der Waals surface area contributed by atoms with Crippen LogP contribution in [0.3, 0.4) is 0 Å². The van der Waals surface area contributed by atoms with Crippen LogP contribution in [0.4, 0.5) is 0 Å². The van der Waals surface area contributed by atoms with Crippen LogP contribution in [0.1, 0.15) is 19.8 Å². The van der Waals surface area contributed by atoms with E-state index in [1.54, 1.807) is 6.92 Å². The minimum absolute atomic E-state index is 0.0151. The van der Waals surface area contributed by atoms with Crippen molar-refractivity contribution in [1.82, 2.24) is 14.5 Å². The molecule has 0 aromatic carbocycles. The van der Waals surface area contributed by atoms with Crippen molar-refractivity contribution < 1.29 is 18.3 Å². The molecule has 0 bridgehead atoms. The molecule has 0 spiro atoms. The molecule has 0 amide bonds. The van der Waals surface area contributed by atoms with E-state index in [0.29, 0.717) is 6.42 Å². The highest BCUT2D eigenvalue weighted by molar-refractivity contribution is 7.89. The summed E-state index contributed by atoms with van der Waals surface area (Å²) in [6.45, 7) is 1.72. The van der Waals surface area contributed by atoms with Gasteiger partial charge in [0, 0.05) is 13.1 Å². The molecule has 0 aliphatic heterocycles. The fourth-order valence-electron chi connectivity index (χ4n) is 1.39. The van der Waals surface area contributed by atoms with Gasteiger partial charge in [0.15, 0.2) is 5.03 Å². The average molecular weight is 261 g/mol. The number of carboxylic acids is 1. The van der Waals surface area contributed by atoms with E-state index in [4.69, 9.17) is 5.11 Å². The first-order valence-corrected chi connectivity index (χ1v) is 6.57. The number of aromatic nitrogens is 2. The van der Waals surface area contributed by atoms with Crippen molar-refractivity contribution in [2.75, 3.05) is 0 Å². The normalized spacial score (nSPS) is 13.5. The smallest absolute Gasteiger partial charge is 0.304 e. The van der Waals surface area contributed by atoms with Crippen molar-refractivity contribution in [3.05, 3.63) is 12.3 Å². The van der Waals surface area contributed by atoms with Crippen molar-refractivity contribution in [2.24, 2.45) is 7.05 Å². The molecule has 17 heavy (non-hydrogen) atoms. The number of nitrogens with zero attached hydrogens (tertiary/aromatic N) is 2. The Hall–Kier alpha value is -1.41. The predicted molar refractivity (Wildman–Crippen MR) is 59.9 cm³/mol. The molecule has 1 aromatic heterocycles. The first-order valence-electron chi connectivity index (χ1n) is 5.09. The van der Waals surface area contributed by atoms with Crippen LogP contribution in [0.25, 0.3) is 0 Å². The molecule has 8 heteroatoms. The second-order valence-corrected chi connectivity index (χ2v) is 5.28. The zero-order valence-corrected chi connectivity index (χ0v) is 10.4. The minimum atomic E-state index is -3.72. The van der Waals surface area contributed by atoms with E-state index in [2.05, 4.69) is 9.82 Å². The quantitative estimate of drug-likeness (QED) is 0.747. The maximum absolute atomic E-state index is 11.9. The molecule has 0 aliphatic carbocycles. The van der Waals surface area contributed by atoms with Gasteiger partial charge >= 0.3 is 5.97 Å². The zero-order valence-electron chi connectivity index (χ0n) is 9.62. The summed E-state index contributed by atoms with van der Waals surface area (Å²) in [5.41, 5.74) is 0. The van der Waals surface area contributed by atoms with Crippen LogP contribution >= 0.6 is 0 Å². The fraction of sp³-hybridized carbons (Fsp3) is 0.556. The van der Waals surface area contributed by atoms with Crippen LogP contribution in [0.2, 0.25) is 0 Å². The van der Waals surface area contributed by atoms with Crippen molar-refractivity contribution in [3.63, 3.8) is 0 Å². The Kier molecular flexibility index (Phi) is 4.24. The lowest BCUT2D eigenvalue weighted by atomic mass is 10.2. The fourth-order valence-corrected chi connectivity index (χ4v) is 2.83. The average Bonchev–Trinajstić information content (AvgIpc) is 2.63. The summed E-state index contributed by atoms with van der Waals surface area (Å²) in [7, 11) is -2.21. The zero-order chi connectivity index (χ0) is 13.1. The van der Waals surface area contributed by atoms with E-state index in [9.17, 15) is 13.2 Å². The third-order valence-electron chi connectivity index (χ3n) is 2.29. The Bertz CT molecular complexity index is 494. The predicted octanol–water partition coefficient (Wildman–Crippen LogP) is -0.0483. The second-order valence-electron chi connectivity index (χ2n) is 3.62. The molecule has 1 unspecified atom stereocenters. The Morgan fingerprint density at radius 2 is 2.29 bits per heavy atom. The molecule has 1 aromatic rings. The van der Waals surface area contributed by atoms with Gasteiger partial charge in [0.1, 0.15) is 0 Å². The van der Waals surface area contributed by atoms with Crippen LogP contribution in [-0.2, 0) is 21.9 Å². The second kappa shape index (κ2) is 5.28. The largest absolute Gasteiger partial charge is 0.481 e. The lowest BCUT2D eigenvalue weighted by Gasteiger charge is -2.14. The highest BCUT2D eigenvalue weighted by Gasteiger charge is 2.23. The van der Waals surface area contributed by atoms with Gasteiger partial charge in [-0.25, -0.2) is 13.1 Å². The number of hydrogen-bond acceptors (Lipinski definition) is 4. The Labute approximate surface area is 99.5 Å². The molecule has 0 saturated carbocycles. The molecule has 0 radical (unpaired) electrons. The van der Waals surface area contributed by atoms with Crippen LogP contribution in [0.15, 0.2) is 17.3 Å². The molecule has 1 atom stereocenters. The van der Waals surface area contributed by atoms with Gasteiger partial charge in [-0.2, -0.15) is 5.10 Å². The summed E-state index contributed by atoms with van der Waals surface area (Å²) < 4.78 is 27.4. The maximum atomic E-state index is 11.9. The topological polar surface area (TPSA) is 101 Å². The van der Waals surface area contributed by atoms with Crippen LogP contribution in [0.5, 0.6) is 0 Å². The Balaban J connectivity index is 2.86. The molecule has 1 heterocycles. The van der Waals surface area contributed by atoms with Gasteiger partial charge in [-0.05, 0) is 12.5 Å². The third kappa shape index (κ3) is 3.53. The highest BCUT2D eigenvalue weighted by atomic mass is 32.2. The van der Waals surface area contributed by atoms with Gasteiger partial charge in [-0.3, -0.25) is 9.48 Å². The molecule has 0 aliphatic rings. The van der Waals surface area contributed by atoms with Gasteiger partial charge in [0.25, 0.3) is 10.0 Å². The van der Waals surface area contributed by atoms with Crippen LogP contribution in [-0.4, -0.2) is 35.3 Å². The van der Waals surface area contributed by atoms with Crippen molar-refractivity contribution in [2.45, 2.75) is 30.8 Å². The number of carbonyl (C=O) groups is 1. The van der Waals surface area contributed by atoms with E-state index in [0.717, 1.165) is 0 Å². The molecular weight excluding hydrogens is 246 g/mol. The number of aryl methyl sites for hydroxylation is 1. The number of nitrogens with one attached hydrogen (secondary N) is 1. The van der Waals surface area contributed by atoms with E-state index in [1.165, 1.54) is 24.0 Å². The summed E-state index contributed by atoms with van der Waals surface area (Å²) in [6.07, 6.45) is 1.53.